The second-order valence-electron chi connectivity index (χ2n) is 6.66. The number of H-pyrrole nitrogens is 1. The molecule has 4 aromatic rings. The average molecular weight is 362 g/mol. The molecule has 6 nitrogen and oxygen atoms in total. The van der Waals surface area contributed by atoms with Gasteiger partial charge in [0.15, 0.2) is 0 Å². The zero-order valence-electron chi connectivity index (χ0n) is 15.4. The minimum absolute atomic E-state index is 0.0603. The van der Waals surface area contributed by atoms with Crippen molar-refractivity contribution >= 4 is 33.5 Å². The SMILES string of the molecule is CCc1c(C)[nH]c2ccc(C(=O)Nc3ccc4c(c3)ncn4CCO)cc12. The van der Waals surface area contributed by atoms with E-state index in [0.29, 0.717) is 17.8 Å². The number of hydrogen-bond acceptors (Lipinski definition) is 3. The predicted molar refractivity (Wildman–Crippen MR) is 107 cm³/mol. The molecular formula is C21H22N4O2. The highest BCUT2D eigenvalue weighted by Gasteiger charge is 2.12. The van der Waals surface area contributed by atoms with Gasteiger partial charge in [-0.1, -0.05) is 6.92 Å². The first-order valence-corrected chi connectivity index (χ1v) is 9.09. The standard InChI is InChI=1S/C21H22N4O2/c1-3-16-13(2)23-18-6-4-14(10-17(16)18)21(27)24-15-5-7-20-19(11-15)22-12-25(20)8-9-26/h4-7,10-12,23,26H,3,8-9H2,1-2H3,(H,24,27). The van der Waals surface area contributed by atoms with Gasteiger partial charge in [-0.05, 0) is 55.3 Å². The number of anilines is 1. The molecule has 138 valence electrons. The van der Waals surface area contributed by atoms with E-state index in [9.17, 15) is 4.79 Å². The zero-order chi connectivity index (χ0) is 19.0. The molecule has 3 N–H and O–H groups in total. The largest absolute Gasteiger partial charge is 0.395 e. The fraction of sp³-hybridized carbons (Fsp3) is 0.238. The topological polar surface area (TPSA) is 82.9 Å². The molecular weight excluding hydrogens is 340 g/mol. The van der Waals surface area contributed by atoms with Crippen LogP contribution in [0, 0.1) is 6.92 Å². The monoisotopic (exact) mass is 362 g/mol. The Balaban J connectivity index is 1.62. The van der Waals surface area contributed by atoms with Crippen LogP contribution in [0.1, 0.15) is 28.5 Å². The molecule has 0 radical (unpaired) electrons. The molecule has 0 fully saturated rings. The summed E-state index contributed by atoms with van der Waals surface area (Å²) in [6, 6.07) is 11.3. The van der Waals surface area contributed by atoms with Crippen LogP contribution in [0.3, 0.4) is 0 Å². The van der Waals surface area contributed by atoms with Crippen LogP contribution in [0.2, 0.25) is 0 Å². The van der Waals surface area contributed by atoms with Gasteiger partial charge in [-0.2, -0.15) is 0 Å². The van der Waals surface area contributed by atoms with Gasteiger partial charge in [0.1, 0.15) is 0 Å². The van der Waals surface area contributed by atoms with Crippen molar-refractivity contribution in [3.05, 3.63) is 59.5 Å². The van der Waals surface area contributed by atoms with Gasteiger partial charge >= 0.3 is 0 Å². The highest BCUT2D eigenvalue weighted by atomic mass is 16.3. The van der Waals surface area contributed by atoms with Gasteiger partial charge in [-0.25, -0.2) is 4.98 Å². The lowest BCUT2D eigenvalue weighted by molar-refractivity contribution is 0.102. The number of amides is 1. The van der Waals surface area contributed by atoms with Gasteiger partial charge in [-0.15, -0.1) is 0 Å². The molecule has 0 aliphatic rings. The first kappa shape index (κ1) is 17.3. The van der Waals surface area contributed by atoms with Crippen LogP contribution in [0.15, 0.2) is 42.7 Å². The molecule has 0 saturated heterocycles. The Morgan fingerprint density at radius 3 is 2.89 bits per heavy atom. The quantitative estimate of drug-likeness (QED) is 0.507. The maximum Gasteiger partial charge on any atom is 0.255 e. The number of hydrogen-bond donors (Lipinski definition) is 3. The number of fused-ring (bicyclic) bond motifs is 2. The van der Waals surface area contributed by atoms with Crippen molar-refractivity contribution < 1.29 is 9.90 Å². The third kappa shape index (κ3) is 3.08. The Morgan fingerprint density at radius 1 is 1.26 bits per heavy atom. The van der Waals surface area contributed by atoms with E-state index >= 15 is 0 Å². The molecule has 0 unspecified atom stereocenters. The Hall–Kier alpha value is -3.12. The smallest absolute Gasteiger partial charge is 0.255 e. The van der Waals surface area contributed by atoms with Gasteiger partial charge < -0.3 is 20.0 Å². The number of aromatic amines is 1. The van der Waals surface area contributed by atoms with Crippen LogP contribution in [0.5, 0.6) is 0 Å². The van der Waals surface area contributed by atoms with E-state index in [1.54, 1.807) is 6.33 Å². The summed E-state index contributed by atoms with van der Waals surface area (Å²) in [5, 5.41) is 13.2. The number of aliphatic hydroxyl groups is 1. The number of aliphatic hydroxyl groups excluding tert-OH is 1. The molecule has 0 saturated carbocycles. The number of rotatable bonds is 5. The van der Waals surface area contributed by atoms with Crippen molar-refractivity contribution in [3.8, 4) is 0 Å². The Morgan fingerprint density at radius 2 is 2.11 bits per heavy atom. The predicted octanol–water partition coefficient (Wildman–Crippen LogP) is 3.63. The number of carbonyl (C=O) groups is 1. The van der Waals surface area contributed by atoms with Crippen LogP contribution < -0.4 is 5.32 Å². The Bertz CT molecular complexity index is 1140. The summed E-state index contributed by atoms with van der Waals surface area (Å²) in [6.45, 7) is 4.74. The fourth-order valence-electron chi connectivity index (χ4n) is 3.61. The number of nitrogens with one attached hydrogen (secondary N) is 2. The summed E-state index contributed by atoms with van der Waals surface area (Å²) in [5.74, 6) is -0.146. The van der Waals surface area contributed by atoms with E-state index in [2.05, 4.69) is 29.1 Å². The molecule has 2 aromatic heterocycles. The number of benzene rings is 2. The van der Waals surface area contributed by atoms with Crippen LogP contribution in [0.25, 0.3) is 21.9 Å². The van der Waals surface area contributed by atoms with Gasteiger partial charge in [0.05, 0.1) is 24.0 Å². The number of aromatic nitrogens is 3. The number of aryl methyl sites for hydroxylation is 2. The molecule has 27 heavy (non-hydrogen) atoms. The van der Waals surface area contributed by atoms with E-state index in [-0.39, 0.29) is 12.5 Å². The van der Waals surface area contributed by atoms with E-state index in [0.717, 1.165) is 34.1 Å². The summed E-state index contributed by atoms with van der Waals surface area (Å²) in [4.78, 5) is 20.4. The molecule has 1 amide bonds. The van der Waals surface area contributed by atoms with Crippen LogP contribution in [-0.2, 0) is 13.0 Å². The molecule has 0 atom stereocenters. The summed E-state index contributed by atoms with van der Waals surface area (Å²) in [5.41, 5.74) is 6.48. The molecule has 0 bridgehead atoms. The van der Waals surface area contributed by atoms with Crippen molar-refractivity contribution in [1.82, 2.24) is 14.5 Å². The van der Waals surface area contributed by atoms with E-state index in [1.807, 2.05) is 41.0 Å². The lowest BCUT2D eigenvalue weighted by Gasteiger charge is -2.07. The van der Waals surface area contributed by atoms with Crippen molar-refractivity contribution in [2.24, 2.45) is 0 Å². The summed E-state index contributed by atoms with van der Waals surface area (Å²) >= 11 is 0. The summed E-state index contributed by atoms with van der Waals surface area (Å²) < 4.78 is 1.88. The van der Waals surface area contributed by atoms with Gasteiger partial charge in [0, 0.05) is 34.4 Å². The van der Waals surface area contributed by atoms with Gasteiger partial charge in [-0.3, -0.25) is 4.79 Å². The lowest BCUT2D eigenvalue weighted by Crippen LogP contribution is -2.11. The number of carbonyl (C=O) groups excluding carboxylic acids is 1. The summed E-state index contributed by atoms with van der Waals surface area (Å²) in [6.07, 6.45) is 2.62. The minimum atomic E-state index is -0.146. The molecule has 2 heterocycles. The normalized spacial score (nSPS) is 11.4. The third-order valence-electron chi connectivity index (χ3n) is 4.96. The van der Waals surface area contributed by atoms with Crippen molar-refractivity contribution in [2.75, 3.05) is 11.9 Å². The molecule has 0 aliphatic carbocycles. The average Bonchev–Trinajstić information content (AvgIpc) is 3.20. The summed E-state index contributed by atoms with van der Waals surface area (Å²) in [7, 11) is 0. The molecule has 2 aromatic carbocycles. The maximum absolute atomic E-state index is 12.7. The Labute approximate surface area is 156 Å². The Kier molecular flexibility index (Phi) is 4.41. The number of imidazole rings is 1. The zero-order valence-corrected chi connectivity index (χ0v) is 15.4. The highest BCUT2D eigenvalue weighted by Crippen LogP contribution is 2.25. The first-order valence-electron chi connectivity index (χ1n) is 9.09. The van der Waals surface area contributed by atoms with Crippen LogP contribution in [-0.4, -0.2) is 32.2 Å². The van der Waals surface area contributed by atoms with Crippen molar-refractivity contribution in [2.45, 2.75) is 26.8 Å². The fourth-order valence-corrected chi connectivity index (χ4v) is 3.61. The third-order valence-corrected chi connectivity index (χ3v) is 4.96. The highest BCUT2D eigenvalue weighted by molar-refractivity contribution is 6.07. The van der Waals surface area contributed by atoms with Crippen LogP contribution in [0.4, 0.5) is 5.69 Å². The van der Waals surface area contributed by atoms with Gasteiger partial charge in [0.2, 0.25) is 0 Å². The van der Waals surface area contributed by atoms with E-state index in [1.165, 1.54) is 5.56 Å². The van der Waals surface area contributed by atoms with Gasteiger partial charge in [0.25, 0.3) is 5.91 Å². The van der Waals surface area contributed by atoms with Crippen LogP contribution >= 0.6 is 0 Å². The van der Waals surface area contributed by atoms with Crippen molar-refractivity contribution in [1.29, 1.82) is 0 Å². The second-order valence-corrected chi connectivity index (χ2v) is 6.66. The van der Waals surface area contributed by atoms with Crippen molar-refractivity contribution in [3.63, 3.8) is 0 Å². The maximum atomic E-state index is 12.7. The second kappa shape index (κ2) is 6.89. The molecule has 0 aliphatic heterocycles. The van der Waals surface area contributed by atoms with E-state index < -0.39 is 0 Å². The number of nitrogens with zero attached hydrogens (tertiary/aromatic N) is 2. The molecule has 4 rings (SSSR count). The molecule has 6 heteroatoms. The first-order chi connectivity index (χ1) is 13.1. The minimum Gasteiger partial charge on any atom is -0.395 e. The molecule has 0 spiro atoms. The lowest BCUT2D eigenvalue weighted by atomic mass is 10.1. The van der Waals surface area contributed by atoms with E-state index in [4.69, 9.17) is 5.11 Å².